The SMILES string of the molecule is CCOC(=O)c1c(C)n(CCc2ccc(Cl)cc2Cl)c2ccc(O)cc12. The average molecular weight is 392 g/mol. The number of carbonyl (C=O) groups is 1. The standard InChI is InChI=1S/C20H19Cl2NO3/c1-3-26-20(25)19-12(2)23(18-7-6-15(24)11-16(18)19)9-8-13-4-5-14(21)10-17(13)22/h4-7,10-11,24H,3,8-9H2,1-2H3. The summed E-state index contributed by atoms with van der Waals surface area (Å²) in [6, 6.07) is 10.5. The first kappa shape index (κ1) is 18.6. The van der Waals surface area contributed by atoms with Crippen molar-refractivity contribution in [2.75, 3.05) is 6.61 Å². The van der Waals surface area contributed by atoms with Crippen LogP contribution in [0.2, 0.25) is 10.0 Å². The Bertz CT molecular complexity index is 979. The number of aromatic nitrogens is 1. The van der Waals surface area contributed by atoms with E-state index in [9.17, 15) is 9.90 Å². The second-order valence-corrected chi connectivity index (χ2v) is 6.86. The molecule has 0 atom stereocenters. The van der Waals surface area contributed by atoms with Gasteiger partial charge in [-0.15, -0.1) is 0 Å². The van der Waals surface area contributed by atoms with Crippen molar-refractivity contribution in [1.82, 2.24) is 4.57 Å². The van der Waals surface area contributed by atoms with E-state index in [-0.39, 0.29) is 11.7 Å². The van der Waals surface area contributed by atoms with Gasteiger partial charge in [0.15, 0.2) is 0 Å². The van der Waals surface area contributed by atoms with Crippen molar-refractivity contribution in [2.24, 2.45) is 0 Å². The zero-order chi connectivity index (χ0) is 18.8. The number of benzene rings is 2. The summed E-state index contributed by atoms with van der Waals surface area (Å²) < 4.78 is 7.24. The van der Waals surface area contributed by atoms with Gasteiger partial charge in [0.2, 0.25) is 0 Å². The Hall–Kier alpha value is -2.17. The number of nitrogens with zero attached hydrogens (tertiary/aromatic N) is 1. The summed E-state index contributed by atoms with van der Waals surface area (Å²) in [6.45, 7) is 4.58. The number of hydrogen-bond acceptors (Lipinski definition) is 3. The number of aromatic hydroxyl groups is 1. The van der Waals surface area contributed by atoms with E-state index < -0.39 is 0 Å². The van der Waals surface area contributed by atoms with Crippen molar-refractivity contribution in [2.45, 2.75) is 26.8 Å². The quantitative estimate of drug-likeness (QED) is 0.593. The Balaban J connectivity index is 2.02. The van der Waals surface area contributed by atoms with Gasteiger partial charge < -0.3 is 14.4 Å². The highest BCUT2D eigenvalue weighted by Gasteiger charge is 2.21. The van der Waals surface area contributed by atoms with Gasteiger partial charge in [-0.3, -0.25) is 0 Å². The molecule has 0 saturated heterocycles. The van der Waals surface area contributed by atoms with Gasteiger partial charge in [-0.2, -0.15) is 0 Å². The molecule has 3 aromatic rings. The number of halogens is 2. The van der Waals surface area contributed by atoms with Crippen molar-refractivity contribution in [3.63, 3.8) is 0 Å². The van der Waals surface area contributed by atoms with Crippen LogP contribution in [-0.2, 0) is 17.7 Å². The Kier molecular flexibility index (Phi) is 5.44. The number of ether oxygens (including phenoxy) is 1. The lowest BCUT2D eigenvalue weighted by atomic mass is 10.1. The molecule has 0 aliphatic heterocycles. The lowest BCUT2D eigenvalue weighted by molar-refractivity contribution is 0.0527. The van der Waals surface area contributed by atoms with E-state index in [1.807, 2.05) is 29.7 Å². The summed E-state index contributed by atoms with van der Waals surface area (Å²) in [5.41, 5.74) is 3.14. The molecule has 6 heteroatoms. The van der Waals surface area contributed by atoms with Gasteiger partial charge >= 0.3 is 5.97 Å². The normalized spacial score (nSPS) is 11.1. The summed E-state index contributed by atoms with van der Waals surface area (Å²) in [7, 11) is 0. The third-order valence-corrected chi connectivity index (χ3v) is 4.99. The fourth-order valence-electron chi connectivity index (χ4n) is 3.18. The monoisotopic (exact) mass is 391 g/mol. The zero-order valence-corrected chi connectivity index (χ0v) is 16.1. The fourth-order valence-corrected chi connectivity index (χ4v) is 3.68. The predicted octanol–water partition coefficient (Wildman–Crippen LogP) is 5.38. The van der Waals surface area contributed by atoms with Crippen LogP contribution >= 0.6 is 23.2 Å². The molecular weight excluding hydrogens is 373 g/mol. The number of rotatable bonds is 5. The largest absolute Gasteiger partial charge is 0.508 e. The van der Waals surface area contributed by atoms with Crippen molar-refractivity contribution in [1.29, 1.82) is 0 Å². The highest BCUT2D eigenvalue weighted by Crippen LogP contribution is 2.30. The van der Waals surface area contributed by atoms with Crippen LogP contribution in [-0.4, -0.2) is 22.2 Å². The molecule has 1 heterocycles. The molecule has 0 radical (unpaired) electrons. The predicted molar refractivity (Wildman–Crippen MR) is 104 cm³/mol. The topological polar surface area (TPSA) is 51.5 Å². The second kappa shape index (κ2) is 7.60. The second-order valence-electron chi connectivity index (χ2n) is 6.02. The number of hydrogen-bond donors (Lipinski definition) is 1. The van der Waals surface area contributed by atoms with E-state index >= 15 is 0 Å². The Morgan fingerprint density at radius 3 is 2.65 bits per heavy atom. The van der Waals surface area contributed by atoms with Crippen molar-refractivity contribution < 1.29 is 14.6 Å². The molecule has 1 aromatic heterocycles. The van der Waals surface area contributed by atoms with Gasteiger partial charge in [-0.25, -0.2) is 4.79 Å². The first-order valence-electron chi connectivity index (χ1n) is 8.35. The summed E-state index contributed by atoms with van der Waals surface area (Å²) in [4.78, 5) is 12.4. The summed E-state index contributed by atoms with van der Waals surface area (Å²) in [5.74, 6) is -0.273. The van der Waals surface area contributed by atoms with E-state index in [1.54, 1.807) is 25.1 Å². The summed E-state index contributed by atoms with van der Waals surface area (Å²) >= 11 is 12.2. The molecule has 1 N–H and O–H groups in total. The molecular formula is C20H19Cl2NO3. The van der Waals surface area contributed by atoms with E-state index in [1.165, 1.54) is 0 Å². The van der Waals surface area contributed by atoms with Gasteiger partial charge in [0, 0.05) is 33.2 Å². The maximum Gasteiger partial charge on any atom is 0.340 e. The lowest BCUT2D eigenvalue weighted by Gasteiger charge is -2.10. The number of fused-ring (bicyclic) bond motifs is 1. The third kappa shape index (κ3) is 3.53. The minimum atomic E-state index is -0.385. The van der Waals surface area contributed by atoms with E-state index in [4.69, 9.17) is 27.9 Å². The van der Waals surface area contributed by atoms with Gasteiger partial charge in [-0.1, -0.05) is 29.3 Å². The Morgan fingerprint density at radius 1 is 1.19 bits per heavy atom. The molecule has 2 aromatic carbocycles. The Morgan fingerprint density at radius 2 is 1.96 bits per heavy atom. The van der Waals surface area contributed by atoms with Crippen LogP contribution in [0.15, 0.2) is 36.4 Å². The van der Waals surface area contributed by atoms with Gasteiger partial charge in [0.1, 0.15) is 5.75 Å². The van der Waals surface area contributed by atoms with E-state index in [2.05, 4.69) is 0 Å². The van der Waals surface area contributed by atoms with Gasteiger partial charge in [0.05, 0.1) is 12.2 Å². The maximum atomic E-state index is 12.4. The first-order valence-corrected chi connectivity index (χ1v) is 9.10. The minimum Gasteiger partial charge on any atom is -0.508 e. The van der Waals surface area contributed by atoms with Crippen LogP contribution in [0.5, 0.6) is 5.75 Å². The number of carbonyl (C=O) groups excluding carboxylic acids is 1. The number of esters is 1. The van der Waals surface area contributed by atoms with Crippen LogP contribution in [0.1, 0.15) is 28.5 Å². The molecule has 3 rings (SSSR count). The summed E-state index contributed by atoms with van der Waals surface area (Å²) in [6.07, 6.45) is 0.684. The minimum absolute atomic E-state index is 0.112. The number of phenols is 1. The third-order valence-electron chi connectivity index (χ3n) is 4.41. The molecule has 0 fully saturated rings. The van der Waals surface area contributed by atoms with Crippen molar-refractivity contribution in [3.05, 3.63) is 63.3 Å². The molecule has 0 saturated carbocycles. The van der Waals surface area contributed by atoms with Crippen LogP contribution in [0.25, 0.3) is 10.9 Å². The summed E-state index contributed by atoms with van der Waals surface area (Å²) in [5, 5.41) is 11.7. The van der Waals surface area contributed by atoms with Crippen LogP contribution in [0.3, 0.4) is 0 Å². The first-order chi connectivity index (χ1) is 12.4. The fraction of sp³-hybridized carbons (Fsp3) is 0.250. The molecule has 0 spiro atoms. The molecule has 0 aliphatic rings. The number of aryl methyl sites for hydroxylation is 2. The molecule has 4 nitrogen and oxygen atoms in total. The molecule has 0 unspecified atom stereocenters. The van der Waals surface area contributed by atoms with Crippen LogP contribution in [0, 0.1) is 6.92 Å². The molecule has 26 heavy (non-hydrogen) atoms. The molecule has 0 bridgehead atoms. The Labute approximate surface area is 161 Å². The van der Waals surface area contributed by atoms with Crippen LogP contribution < -0.4 is 0 Å². The van der Waals surface area contributed by atoms with Gasteiger partial charge in [0.25, 0.3) is 0 Å². The van der Waals surface area contributed by atoms with E-state index in [0.717, 1.165) is 16.8 Å². The highest BCUT2D eigenvalue weighted by molar-refractivity contribution is 6.35. The highest BCUT2D eigenvalue weighted by atomic mass is 35.5. The molecule has 136 valence electrons. The van der Waals surface area contributed by atoms with Crippen molar-refractivity contribution >= 4 is 40.1 Å². The lowest BCUT2D eigenvalue weighted by Crippen LogP contribution is -2.08. The smallest absolute Gasteiger partial charge is 0.340 e. The maximum absolute atomic E-state index is 12.4. The molecule has 0 amide bonds. The van der Waals surface area contributed by atoms with E-state index in [0.29, 0.717) is 40.6 Å². The van der Waals surface area contributed by atoms with Crippen molar-refractivity contribution in [3.8, 4) is 5.75 Å². The van der Waals surface area contributed by atoms with Gasteiger partial charge in [-0.05, 0) is 56.2 Å². The zero-order valence-electron chi connectivity index (χ0n) is 14.6. The van der Waals surface area contributed by atoms with Crippen LogP contribution in [0.4, 0.5) is 0 Å². The molecule has 0 aliphatic carbocycles. The average Bonchev–Trinajstić information content (AvgIpc) is 2.85. The number of phenolic OH excluding ortho intramolecular Hbond substituents is 1.